The third-order valence-corrected chi connectivity index (χ3v) is 10.4. The summed E-state index contributed by atoms with van der Waals surface area (Å²) >= 11 is 1.07. The number of ether oxygens (including phenoxy) is 3. The molecule has 0 aliphatic rings. The van der Waals surface area contributed by atoms with E-state index in [0.29, 0.717) is 18.2 Å². The van der Waals surface area contributed by atoms with Crippen molar-refractivity contribution in [2.24, 2.45) is 0 Å². The number of carboxylic acid groups (broad SMARTS) is 1. The summed E-state index contributed by atoms with van der Waals surface area (Å²) in [7, 11) is 0. The molecule has 15 heteroatoms. The fourth-order valence-electron chi connectivity index (χ4n) is 6.26. The molecule has 4 rings (SSSR count). The van der Waals surface area contributed by atoms with Crippen molar-refractivity contribution in [3.8, 4) is 0 Å². The number of nitrogens with one attached hydrogen (secondary N) is 4. The molecule has 1 unspecified atom stereocenters. The van der Waals surface area contributed by atoms with Crippen molar-refractivity contribution in [3.63, 3.8) is 0 Å². The highest BCUT2D eigenvalue weighted by atomic mass is 32.1. The molecule has 3 aromatic carbocycles. The molecule has 0 saturated heterocycles. The molecule has 1 aromatic heterocycles. The second-order valence-corrected chi connectivity index (χ2v) is 16.2. The van der Waals surface area contributed by atoms with Crippen LogP contribution < -0.4 is 21.3 Å². The van der Waals surface area contributed by atoms with Gasteiger partial charge in [-0.3, -0.25) is 4.79 Å². The van der Waals surface area contributed by atoms with Crippen LogP contribution in [0.15, 0.2) is 91.0 Å². The van der Waals surface area contributed by atoms with Gasteiger partial charge in [-0.15, -0.1) is 10.2 Å². The van der Waals surface area contributed by atoms with Gasteiger partial charge in [-0.25, -0.2) is 14.4 Å². The number of hydrogen-bond acceptors (Lipinski definition) is 10. The maximum Gasteiger partial charge on any atom is 0.408 e. The molecular formula is C44H58N6O8S. The summed E-state index contributed by atoms with van der Waals surface area (Å²) in [5, 5.41) is 30.9. The first-order valence-corrected chi connectivity index (χ1v) is 20.9. The van der Waals surface area contributed by atoms with Gasteiger partial charge in [0.15, 0.2) is 6.04 Å². The van der Waals surface area contributed by atoms with Crippen molar-refractivity contribution in [3.05, 3.63) is 118 Å². The van der Waals surface area contributed by atoms with Crippen LogP contribution in [0.2, 0.25) is 0 Å². The summed E-state index contributed by atoms with van der Waals surface area (Å²) in [6.07, 6.45) is 1.45. The highest BCUT2D eigenvalue weighted by molar-refractivity contribution is 7.11. The van der Waals surface area contributed by atoms with Crippen LogP contribution in [0.4, 0.5) is 9.59 Å². The Morgan fingerprint density at radius 1 is 0.729 bits per heavy atom. The summed E-state index contributed by atoms with van der Waals surface area (Å²) in [4.78, 5) is 53.6. The number of benzene rings is 3. The second-order valence-electron chi connectivity index (χ2n) is 15.1. The summed E-state index contributed by atoms with van der Waals surface area (Å²) in [6, 6.07) is 24.6. The predicted octanol–water partition coefficient (Wildman–Crippen LogP) is 7.42. The Morgan fingerprint density at radius 2 is 1.24 bits per heavy atom. The number of aromatic nitrogens is 2. The number of carbonyl (C=O) groups excluding carboxylic acids is 3. The van der Waals surface area contributed by atoms with Crippen molar-refractivity contribution >= 4 is 35.3 Å². The predicted molar refractivity (Wildman–Crippen MR) is 226 cm³/mol. The third kappa shape index (κ3) is 13.9. The number of rotatable bonds is 22. The molecule has 0 aliphatic heterocycles. The lowest BCUT2D eigenvalue weighted by Crippen LogP contribution is -2.53. The standard InChI is InChI=1S/C44H58N6O8S/c1-7-9-26-56-29-35(46-42(55)58-43(4,5)6)39-50-49-38(59-39)34(45-41(54)47-37(40(52)53)30(3)57-27-10-8-2)28-36(51)48-44(31-20-14-11-15-21-31,32-22-16-12-17-23-32)33-24-18-13-19-25-33/h11-25,30,34-35,37H,7-10,26-29H2,1-6H3,(H,46,55)(H,48,51)(H,52,53)(H2,45,47,54)/t30?,34-,35-,37-/m0/s1. The van der Waals surface area contributed by atoms with E-state index in [-0.39, 0.29) is 18.0 Å². The molecule has 5 N–H and O–H groups in total. The highest BCUT2D eigenvalue weighted by Crippen LogP contribution is 2.37. The van der Waals surface area contributed by atoms with Gasteiger partial charge in [-0.1, -0.05) is 129 Å². The minimum atomic E-state index is -1.39. The van der Waals surface area contributed by atoms with Gasteiger partial charge < -0.3 is 40.6 Å². The molecule has 0 saturated carbocycles. The van der Waals surface area contributed by atoms with Gasteiger partial charge >= 0.3 is 18.1 Å². The molecule has 0 radical (unpaired) electrons. The van der Waals surface area contributed by atoms with Crippen LogP contribution in [0.1, 0.15) is 112 Å². The molecule has 0 fully saturated rings. The number of unbranched alkanes of at least 4 members (excludes halogenated alkanes) is 2. The van der Waals surface area contributed by atoms with E-state index in [4.69, 9.17) is 14.2 Å². The molecule has 0 spiro atoms. The number of urea groups is 1. The Bertz CT molecular complexity index is 1810. The fraction of sp³-hybridized carbons (Fsp3) is 0.455. The number of carboxylic acids is 1. The zero-order chi connectivity index (χ0) is 42.8. The normalized spacial score (nSPS) is 13.7. The van der Waals surface area contributed by atoms with E-state index in [9.17, 15) is 24.3 Å². The fourth-order valence-corrected chi connectivity index (χ4v) is 7.19. The minimum Gasteiger partial charge on any atom is -0.480 e. The maximum absolute atomic E-state index is 14.6. The van der Waals surface area contributed by atoms with Crippen LogP contribution in [-0.4, -0.2) is 76.9 Å². The van der Waals surface area contributed by atoms with E-state index in [1.807, 2.05) is 105 Å². The number of carbonyl (C=O) groups is 4. The Hall–Kier alpha value is -5.38. The lowest BCUT2D eigenvalue weighted by Gasteiger charge is -2.37. The van der Waals surface area contributed by atoms with Crippen molar-refractivity contribution < 1.29 is 38.5 Å². The Balaban J connectivity index is 1.73. The molecule has 0 bridgehead atoms. The number of nitrogens with zero attached hydrogens (tertiary/aromatic N) is 2. The molecule has 0 aliphatic carbocycles. The summed E-state index contributed by atoms with van der Waals surface area (Å²) in [5.41, 5.74) is 0.475. The smallest absolute Gasteiger partial charge is 0.408 e. The largest absolute Gasteiger partial charge is 0.480 e. The Labute approximate surface area is 350 Å². The zero-order valence-electron chi connectivity index (χ0n) is 34.7. The van der Waals surface area contributed by atoms with Gasteiger partial charge in [0.2, 0.25) is 5.91 Å². The summed E-state index contributed by atoms with van der Waals surface area (Å²) in [6.45, 7) is 11.7. The van der Waals surface area contributed by atoms with E-state index in [1.165, 1.54) is 0 Å². The number of hydrogen-bond donors (Lipinski definition) is 5. The van der Waals surface area contributed by atoms with Gasteiger partial charge in [0.25, 0.3) is 0 Å². The molecule has 4 aromatic rings. The van der Waals surface area contributed by atoms with Gasteiger partial charge in [-0.05, 0) is 57.2 Å². The SMILES string of the molecule is CCCCOC[C@H](NC(=O)OC(C)(C)C)c1nnc([C@H](CC(=O)NC(c2ccccc2)(c2ccccc2)c2ccccc2)NC(=O)N[C@H](C(=O)O)C(C)OCCCC)s1. The first-order valence-electron chi connectivity index (χ1n) is 20.1. The number of amides is 4. The Morgan fingerprint density at radius 3 is 1.73 bits per heavy atom. The van der Waals surface area contributed by atoms with Gasteiger partial charge in [0.1, 0.15) is 27.2 Å². The van der Waals surface area contributed by atoms with E-state index >= 15 is 0 Å². The van der Waals surface area contributed by atoms with Crippen molar-refractivity contribution in [2.75, 3.05) is 19.8 Å². The number of aliphatic carboxylic acids is 1. The highest BCUT2D eigenvalue weighted by Gasteiger charge is 2.39. The lowest BCUT2D eigenvalue weighted by atomic mass is 9.77. The first kappa shape index (κ1) is 46.3. The minimum absolute atomic E-state index is 0.0664. The van der Waals surface area contributed by atoms with Gasteiger partial charge in [0, 0.05) is 13.2 Å². The molecule has 14 nitrogen and oxygen atoms in total. The van der Waals surface area contributed by atoms with Crippen LogP contribution in [0.3, 0.4) is 0 Å². The molecule has 1 heterocycles. The van der Waals surface area contributed by atoms with E-state index < -0.39 is 59.4 Å². The molecule has 59 heavy (non-hydrogen) atoms. The Kier molecular flexibility index (Phi) is 17.8. The lowest BCUT2D eigenvalue weighted by molar-refractivity contribution is -0.143. The summed E-state index contributed by atoms with van der Waals surface area (Å²) < 4.78 is 17.1. The van der Waals surface area contributed by atoms with Crippen molar-refractivity contribution in [1.29, 1.82) is 0 Å². The molecule has 318 valence electrons. The van der Waals surface area contributed by atoms with Crippen LogP contribution in [0.5, 0.6) is 0 Å². The first-order chi connectivity index (χ1) is 28.3. The topological polar surface area (TPSA) is 190 Å². The van der Waals surface area contributed by atoms with Crippen molar-refractivity contribution in [1.82, 2.24) is 31.5 Å². The van der Waals surface area contributed by atoms with Crippen molar-refractivity contribution in [2.45, 2.75) is 109 Å². The van der Waals surface area contributed by atoms with Gasteiger partial charge in [-0.2, -0.15) is 0 Å². The third-order valence-electron chi connectivity index (χ3n) is 9.21. The van der Waals surface area contributed by atoms with E-state index in [2.05, 4.69) is 31.5 Å². The number of alkyl carbamates (subject to hydrolysis) is 1. The van der Waals surface area contributed by atoms with Crippen LogP contribution in [0, 0.1) is 0 Å². The van der Waals surface area contributed by atoms with E-state index in [0.717, 1.165) is 53.7 Å². The quantitative estimate of drug-likeness (QED) is 0.0394. The average molecular weight is 831 g/mol. The van der Waals surface area contributed by atoms with Crippen LogP contribution in [-0.2, 0) is 29.3 Å². The zero-order valence-corrected chi connectivity index (χ0v) is 35.6. The van der Waals surface area contributed by atoms with Gasteiger partial charge in [0.05, 0.1) is 25.2 Å². The van der Waals surface area contributed by atoms with Crippen LogP contribution >= 0.6 is 11.3 Å². The van der Waals surface area contributed by atoms with E-state index in [1.54, 1.807) is 27.7 Å². The molecular weight excluding hydrogens is 773 g/mol. The molecule has 4 atom stereocenters. The maximum atomic E-state index is 14.6. The molecule has 4 amide bonds. The second kappa shape index (κ2) is 22.7. The van der Waals surface area contributed by atoms with Crippen LogP contribution in [0.25, 0.3) is 0 Å². The average Bonchev–Trinajstić information content (AvgIpc) is 3.71. The monoisotopic (exact) mass is 830 g/mol. The summed E-state index contributed by atoms with van der Waals surface area (Å²) in [5.74, 6) is -1.74.